The number of aromatic nitrogens is 3. The molecule has 0 unspecified atom stereocenters. The summed E-state index contributed by atoms with van der Waals surface area (Å²) in [4.78, 5) is 26.8. The lowest BCUT2D eigenvalue weighted by Gasteiger charge is -1.98. The Balaban J connectivity index is 2.40. The van der Waals surface area contributed by atoms with Crippen LogP contribution in [-0.4, -0.2) is 20.2 Å². The van der Waals surface area contributed by atoms with Crippen LogP contribution in [0.4, 0.5) is 0 Å². The van der Waals surface area contributed by atoms with Crippen molar-refractivity contribution in [1.82, 2.24) is 15.1 Å². The van der Waals surface area contributed by atoms with Gasteiger partial charge in [0, 0.05) is 0 Å². The molecule has 0 saturated heterocycles. The average Bonchev–Trinajstić information content (AvgIpc) is 2.72. The Morgan fingerprint density at radius 3 is 2.72 bits per heavy atom. The molecule has 0 aliphatic rings. The van der Waals surface area contributed by atoms with E-state index in [0.29, 0.717) is 10.9 Å². The van der Waals surface area contributed by atoms with Gasteiger partial charge < -0.3 is 9.63 Å². The molecule has 0 amide bonds. The fraction of sp³-hybridized carbons (Fsp3) is 0. The van der Waals surface area contributed by atoms with E-state index >= 15 is 0 Å². The second kappa shape index (κ2) is 3.59. The van der Waals surface area contributed by atoms with Gasteiger partial charge in [0.25, 0.3) is 5.56 Å². The molecule has 18 heavy (non-hydrogen) atoms. The first kappa shape index (κ1) is 10.3. The fourth-order valence-corrected chi connectivity index (χ4v) is 1.75. The molecule has 3 aromatic rings. The van der Waals surface area contributed by atoms with Crippen molar-refractivity contribution in [3.63, 3.8) is 0 Å². The minimum atomic E-state index is -0.787. The van der Waals surface area contributed by atoms with Crippen LogP contribution in [0.3, 0.4) is 0 Å². The van der Waals surface area contributed by atoms with Gasteiger partial charge in [-0.2, -0.15) is 0 Å². The Labute approximate surface area is 98.7 Å². The average molecular weight is 245 g/mol. The van der Waals surface area contributed by atoms with Gasteiger partial charge >= 0.3 is 5.69 Å². The first-order chi connectivity index (χ1) is 8.66. The highest BCUT2D eigenvalue weighted by Gasteiger charge is 2.18. The third-order valence-corrected chi connectivity index (χ3v) is 2.53. The van der Waals surface area contributed by atoms with E-state index in [4.69, 9.17) is 4.52 Å². The van der Waals surface area contributed by atoms with Gasteiger partial charge in [0.2, 0.25) is 5.88 Å². The van der Waals surface area contributed by atoms with Crippen molar-refractivity contribution in [2.75, 3.05) is 0 Å². The molecule has 7 nitrogen and oxygen atoms in total. The highest BCUT2D eigenvalue weighted by molar-refractivity contribution is 5.92. The first-order valence-electron chi connectivity index (χ1n) is 5.07. The molecule has 3 N–H and O–H groups in total. The van der Waals surface area contributed by atoms with E-state index in [2.05, 4.69) is 10.1 Å². The van der Waals surface area contributed by atoms with Gasteiger partial charge in [0.1, 0.15) is 11.1 Å². The van der Waals surface area contributed by atoms with Gasteiger partial charge in [-0.25, -0.2) is 4.79 Å². The number of rotatable bonds is 1. The van der Waals surface area contributed by atoms with Crippen molar-refractivity contribution in [2.24, 2.45) is 0 Å². The topological polar surface area (TPSA) is 112 Å². The highest BCUT2D eigenvalue weighted by Crippen LogP contribution is 2.29. The largest absolute Gasteiger partial charge is 0.494 e. The summed E-state index contributed by atoms with van der Waals surface area (Å²) < 4.78 is 5.05. The Morgan fingerprint density at radius 1 is 1.17 bits per heavy atom. The van der Waals surface area contributed by atoms with Crippen LogP contribution in [-0.2, 0) is 0 Å². The van der Waals surface area contributed by atoms with Gasteiger partial charge in [0.05, 0.1) is 5.39 Å². The Kier molecular flexibility index (Phi) is 2.06. The van der Waals surface area contributed by atoms with Crippen molar-refractivity contribution >= 4 is 10.9 Å². The maximum Gasteiger partial charge on any atom is 0.328 e. The standard InChI is InChI=1S/C11H7N3O4/c15-9-7(10(16)13-11(17)12-9)8-5-3-1-2-4-6(5)14-18-8/h1-4H,(H3,12,13,15,16,17). The lowest BCUT2D eigenvalue weighted by Crippen LogP contribution is -2.22. The van der Waals surface area contributed by atoms with E-state index in [1.807, 2.05) is 4.98 Å². The van der Waals surface area contributed by atoms with Crippen LogP contribution in [0.1, 0.15) is 0 Å². The number of hydrogen-bond acceptors (Lipinski definition) is 5. The van der Waals surface area contributed by atoms with Crippen LogP contribution < -0.4 is 11.2 Å². The molecule has 2 aromatic heterocycles. The van der Waals surface area contributed by atoms with E-state index in [1.165, 1.54) is 0 Å². The number of aromatic amines is 2. The summed E-state index contributed by atoms with van der Waals surface area (Å²) in [5, 5.41) is 14.0. The number of H-pyrrole nitrogens is 2. The van der Waals surface area contributed by atoms with Crippen LogP contribution in [0.2, 0.25) is 0 Å². The van der Waals surface area contributed by atoms with E-state index in [1.54, 1.807) is 24.3 Å². The molecule has 7 heteroatoms. The molecule has 0 aliphatic heterocycles. The van der Waals surface area contributed by atoms with Crippen molar-refractivity contribution in [3.05, 3.63) is 45.1 Å². The molecule has 0 radical (unpaired) electrons. The van der Waals surface area contributed by atoms with Crippen LogP contribution in [0.25, 0.3) is 22.2 Å². The SMILES string of the molecule is O=c1[nH]c(O)c(-c2onc3ccccc23)c(=O)[nH]1. The van der Waals surface area contributed by atoms with Gasteiger partial charge in [-0.15, -0.1) is 0 Å². The second-order valence-electron chi connectivity index (χ2n) is 3.66. The molecular weight excluding hydrogens is 238 g/mol. The molecule has 0 saturated carbocycles. The lowest BCUT2D eigenvalue weighted by molar-refractivity contribution is 0.425. The molecule has 0 aliphatic carbocycles. The molecule has 1 aromatic carbocycles. The summed E-state index contributed by atoms with van der Waals surface area (Å²) in [6, 6.07) is 6.93. The predicted octanol–water partition coefficient (Wildman–Crippen LogP) is 0.577. The predicted molar refractivity (Wildman–Crippen MR) is 62.4 cm³/mol. The van der Waals surface area contributed by atoms with Crippen LogP contribution in [0, 0.1) is 0 Å². The quantitative estimate of drug-likeness (QED) is 0.580. The second-order valence-corrected chi connectivity index (χ2v) is 3.66. The van der Waals surface area contributed by atoms with Gasteiger partial charge in [-0.05, 0) is 12.1 Å². The number of nitrogens with zero attached hydrogens (tertiary/aromatic N) is 1. The van der Waals surface area contributed by atoms with Gasteiger partial charge in [-0.1, -0.05) is 17.3 Å². The summed E-state index contributed by atoms with van der Waals surface area (Å²) in [6.07, 6.45) is 0. The number of benzene rings is 1. The normalized spacial score (nSPS) is 10.9. The van der Waals surface area contributed by atoms with E-state index < -0.39 is 17.1 Å². The summed E-state index contributed by atoms with van der Waals surface area (Å²) in [5.41, 5.74) is -1.12. The van der Waals surface area contributed by atoms with Crippen molar-refractivity contribution < 1.29 is 9.63 Å². The van der Waals surface area contributed by atoms with Crippen molar-refractivity contribution in [2.45, 2.75) is 0 Å². The smallest absolute Gasteiger partial charge is 0.328 e. The van der Waals surface area contributed by atoms with E-state index in [-0.39, 0.29) is 11.3 Å². The Morgan fingerprint density at radius 2 is 1.94 bits per heavy atom. The number of hydrogen-bond donors (Lipinski definition) is 3. The zero-order valence-corrected chi connectivity index (χ0v) is 8.93. The molecule has 0 atom stereocenters. The minimum absolute atomic E-state index is 0.112. The fourth-order valence-electron chi connectivity index (χ4n) is 1.75. The lowest BCUT2D eigenvalue weighted by atomic mass is 10.1. The minimum Gasteiger partial charge on any atom is -0.494 e. The molecule has 90 valence electrons. The third kappa shape index (κ3) is 1.41. The Bertz CT molecular complexity index is 843. The number of fused-ring (bicyclic) bond motifs is 1. The molecule has 0 fully saturated rings. The van der Waals surface area contributed by atoms with E-state index in [0.717, 1.165) is 0 Å². The van der Waals surface area contributed by atoms with Crippen molar-refractivity contribution in [3.8, 4) is 17.2 Å². The van der Waals surface area contributed by atoms with Crippen LogP contribution in [0.5, 0.6) is 5.88 Å². The maximum absolute atomic E-state index is 11.7. The van der Waals surface area contributed by atoms with Crippen molar-refractivity contribution in [1.29, 1.82) is 0 Å². The number of nitrogens with one attached hydrogen (secondary N) is 2. The molecule has 2 heterocycles. The summed E-state index contributed by atoms with van der Waals surface area (Å²) in [5.74, 6) is -0.439. The van der Waals surface area contributed by atoms with Gasteiger partial charge in [0.15, 0.2) is 5.76 Å². The maximum atomic E-state index is 11.7. The zero-order valence-electron chi connectivity index (χ0n) is 8.93. The molecular formula is C11H7N3O4. The third-order valence-electron chi connectivity index (χ3n) is 2.53. The highest BCUT2D eigenvalue weighted by atomic mass is 16.5. The first-order valence-corrected chi connectivity index (χ1v) is 5.07. The monoisotopic (exact) mass is 245 g/mol. The summed E-state index contributed by atoms with van der Waals surface area (Å²) >= 11 is 0. The zero-order chi connectivity index (χ0) is 12.7. The van der Waals surface area contributed by atoms with Crippen LogP contribution >= 0.6 is 0 Å². The van der Waals surface area contributed by atoms with E-state index in [9.17, 15) is 14.7 Å². The summed E-state index contributed by atoms with van der Waals surface area (Å²) in [6.45, 7) is 0. The van der Waals surface area contributed by atoms with Crippen LogP contribution in [0.15, 0.2) is 38.4 Å². The Hall–Kier alpha value is -2.83. The number of aromatic hydroxyl groups is 1. The van der Waals surface area contributed by atoms with Gasteiger partial charge in [-0.3, -0.25) is 14.8 Å². The molecule has 3 rings (SSSR count). The summed E-state index contributed by atoms with van der Waals surface area (Å²) in [7, 11) is 0. The molecule has 0 bridgehead atoms. The molecule has 0 spiro atoms.